The van der Waals surface area contributed by atoms with Crippen LogP contribution in [-0.2, 0) is 16.1 Å². The molecule has 2 rings (SSSR count). The smallest absolute Gasteiger partial charge is 0.410 e. The van der Waals surface area contributed by atoms with Gasteiger partial charge < -0.3 is 24.8 Å². The number of nitrogens with zero attached hydrogens (tertiary/aromatic N) is 1. The summed E-state index contributed by atoms with van der Waals surface area (Å²) in [6.45, 7) is 9.63. The number of benzene rings is 1. The SMILES string of the molecule is CC(C)(C)OC(=O)NC(C)(C)[C@H]1C[C@@H](CO)N(C(=O)OCc2ccccc2)C1. The molecular formula is C21H32N2O5. The molecule has 2 N–H and O–H groups in total. The van der Waals surface area contributed by atoms with Gasteiger partial charge in [-0.25, -0.2) is 9.59 Å². The molecule has 1 aromatic carbocycles. The van der Waals surface area contributed by atoms with Crippen LogP contribution >= 0.6 is 0 Å². The van der Waals surface area contributed by atoms with E-state index in [4.69, 9.17) is 9.47 Å². The number of alkyl carbamates (subject to hydrolysis) is 1. The average molecular weight is 392 g/mol. The zero-order chi connectivity index (χ0) is 20.9. The first-order chi connectivity index (χ1) is 13.0. The highest BCUT2D eigenvalue weighted by molar-refractivity contribution is 5.70. The Bertz CT molecular complexity index is 669. The van der Waals surface area contributed by atoms with Crippen molar-refractivity contribution in [2.24, 2.45) is 5.92 Å². The van der Waals surface area contributed by atoms with Crippen molar-refractivity contribution < 1.29 is 24.2 Å². The lowest BCUT2D eigenvalue weighted by Gasteiger charge is -2.33. The number of nitrogens with one attached hydrogen (secondary N) is 1. The van der Waals surface area contributed by atoms with Crippen LogP contribution in [0.2, 0.25) is 0 Å². The van der Waals surface area contributed by atoms with E-state index >= 15 is 0 Å². The van der Waals surface area contributed by atoms with E-state index in [1.807, 2.05) is 44.2 Å². The fourth-order valence-electron chi connectivity index (χ4n) is 3.31. The number of hydrogen-bond acceptors (Lipinski definition) is 5. The Hall–Kier alpha value is -2.28. The molecule has 0 radical (unpaired) electrons. The van der Waals surface area contributed by atoms with E-state index in [0.717, 1.165) is 5.56 Å². The molecule has 1 heterocycles. The predicted octanol–water partition coefficient (Wildman–Crippen LogP) is 3.31. The second-order valence-corrected chi connectivity index (χ2v) is 8.81. The molecule has 1 fully saturated rings. The van der Waals surface area contributed by atoms with Gasteiger partial charge in [-0.3, -0.25) is 0 Å². The molecule has 0 saturated carbocycles. The van der Waals surface area contributed by atoms with Crippen LogP contribution in [0.15, 0.2) is 30.3 Å². The summed E-state index contributed by atoms with van der Waals surface area (Å²) in [5.41, 5.74) is -0.292. The van der Waals surface area contributed by atoms with Gasteiger partial charge in [0.25, 0.3) is 0 Å². The average Bonchev–Trinajstić information content (AvgIpc) is 3.04. The molecule has 1 aromatic rings. The Balaban J connectivity index is 1.97. The van der Waals surface area contributed by atoms with Crippen molar-refractivity contribution in [3.05, 3.63) is 35.9 Å². The van der Waals surface area contributed by atoms with Crippen molar-refractivity contribution in [2.75, 3.05) is 13.2 Å². The number of likely N-dealkylation sites (tertiary alicyclic amines) is 1. The van der Waals surface area contributed by atoms with Gasteiger partial charge in [0.2, 0.25) is 0 Å². The van der Waals surface area contributed by atoms with Crippen LogP contribution in [0.4, 0.5) is 9.59 Å². The molecule has 7 nitrogen and oxygen atoms in total. The van der Waals surface area contributed by atoms with Gasteiger partial charge in [0.05, 0.1) is 12.6 Å². The maximum absolute atomic E-state index is 12.6. The molecule has 0 aromatic heterocycles. The largest absolute Gasteiger partial charge is 0.445 e. The van der Waals surface area contributed by atoms with Crippen molar-refractivity contribution in [3.63, 3.8) is 0 Å². The van der Waals surface area contributed by atoms with E-state index in [-0.39, 0.29) is 25.2 Å². The highest BCUT2D eigenvalue weighted by atomic mass is 16.6. The third-order valence-electron chi connectivity index (χ3n) is 4.91. The predicted molar refractivity (Wildman–Crippen MR) is 106 cm³/mol. The lowest BCUT2D eigenvalue weighted by atomic mass is 9.85. The number of aliphatic hydroxyl groups is 1. The van der Waals surface area contributed by atoms with Crippen molar-refractivity contribution in [1.82, 2.24) is 10.2 Å². The number of ether oxygens (including phenoxy) is 2. The van der Waals surface area contributed by atoms with Gasteiger partial charge in [-0.2, -0.15) is 0 Å². The van der Waals surface area contributed by atoms with Crippen LogP contribution in [-0.4, -0.2) is 52.5 Å². The van der Waals surface area contributed by atoms with Gasteiger partial charge in [-0.15, -0.1) is 0 Å². The normalized spacial score (nSPS) is 20.0. The van der Waals surface area contributed by atoms with Crippen LogP contribution in [0.5, 0.6) is 0 Å². The molecular weight excluding hydrogens is 360 g/mol. The Kier molecular flexibility index (Phi) is 6.93. The first kappa shape index (κ1) is 22.0. The molecule has 1 saturated heterocycles. The standard InChI is InChI=1S/C21H32N2O5/c1-20(2,3)28-18(25)22-21(4,5)16-11-17(13-24)23(12-16)19(26)27-14-15-9-7-6-8-10-15/h6-10,16-17,24H,11-14H2,1-5H3,(H,22,25)/t16-,17-/m0/s1. The zero-order valence-corrected chi connectivity index (χ0v) is 17.4. The van der Waals surface area contributed by atoms with E-state index in [1.165, 1.54) is 0 Å². The monoisotopic (exact) mass is 392 g/mol. The molecule has 1 aliphatic heterocycles. The minimum Gasteiger partial charge on any atom is -0.445 e. The Morgan fingerprint density at radius 3 is 2.39 bits per heavy atom. The summed E-state index contributed by atoms with van der Waals surface area (Å²) >= 11 is 0. The Morgan fingerprint density at radius 1 is 1.18 bits per heavy atom. The van der Waals surface area contributed by atoms with Crippen molar-refractivity contribution >= 4 is 12.2 Å². The lowest BCUT2D eigenvalue weighted by Crippen LogP contribution is -2.51. The van der Waals surface area contributed by atoms with Gasteiger partial charge >= 0.3 is 12.2 Å². The minimum atomic E-state index is -0.607. The highest BCUT2D eigenvalue weighted by Gasteiger charge is 2.43. The van der Waals surface area contributed by atoms with Crippen LogP contribution in [0.1, 0.15) is 46.6 Å². The van der Waals surface area contributed by atoms with Gasteiger partial charge in [0.1, 0.15) is 12.2 Å². The number of aliphatic hydroxyl groups excluding tert-OH is 1. The topological polar surface area (TPSA) is 88.1 Å². The van der Waals surface area contributed by atoms with Gasteiger partial charge in [-0.1, -0.05) is 30.3 Å². The molecule has 2 amide bonds. The molecule has 0 unspecified atom stereocenters. The number of carbonyl (C=O) groups excluding carboxylic acids is 2. The van der Waals surface area contributed by atoms with Gasteiger partial charge in [0, 0.05) is 18.0 Å². The third-order valence-corrected chi connectivity index (χ3v) is 4.91. The first-order valence-corrected chi connectivity index (χ1v) is 9.61. The molecule has 28 heavy (non-hydrogen) atoms. The minimum absolute atomic E-state index is 0.0403. The van der Waals surface area contributed by atoms with E-state index in [2.05, 4.69) is 5.32 Å². The van der Waals surface area contributed by atoms with Gasteiger partial charge in [0.15, 0.2) is 0 Å². The molecule has 0 spiro atoms. The van der Waals surface area contributed by atoms with E-state index in [1.54, 1.807) is 25.7 Å². The summed E-state index contributed by atoms with van der Waals surface area (Å²) in [5.74, 6) is -0.0403. The maximum atomic E-state index is 12.6. The number of carbonyl (C=O) groups is 2. The summed E-state index contributed by atoms with van der Waals surface area (Å²) in [6, 6.07) is 9.10. The van der Waals surface area contributed by atoms with Crippen LogP contribution in [0, 0.1) is 5.92 Å². The maximum Gasteiger partial charge on any atom is 0.410 e. The summed E-state index contributed by atoms with van der Waals surface area (Å²) in [7, 11) is 0. The molecule has 0 aliphatic carbocycles. The fraction of sp³-hybridized carbons (Fsp3) is 0.619. The van der Waals surface area contributed by atoms with E-state index in [0.29, 0.717) is 13.0 Å². The Morgan fingerprint density at radius 2 is 1.82 bits per heavy atom. The van der Waals surface area contributed by atoms with Crippen LogP contribution in [0.25, 0.3) is 0 Å². The van der Waals surface area contributed by atoms with Crippen molar-refractivity contribution in [3.8, 4) is 0 Å². The fourth-order valence-corrected chi connectivity index (χ4v) is 3.31. The molecule has 2 atom stereocenters. The lowest BCUT2D eigenvalue weighted by molar-refractivity contribution is 0.0437. The molecule has 1 aliphatic rings. The molecule has 7 heteroatoms. The summed E-state index contributed by atoms with van der Waals surface area (Å²) < 4.78 is 10.8. The number of hydrogen-bond donors (Lipinski definition) is 2. The summed E-state index contributed by atoms with van der Waals surface area (Å²) in [5, 5.41) is 12.6. The number of rotatable bonds is 5. The van der Waals surface area contributed by atoms with E-state index in [9.17, 15) is 14.7 Å². The quantitative estimate of drug-likeness (QED) is 0.803. The zero-order valence-electron chi connectivity index (χ0n) is 17.4. The van der Waals surface area contributed by atoms with Crippen molar-refractivity contribution in [2.45, 2.75) is 64.8 Å². The molecule has 156 valence electrons. The first-order valence-electron chi connectivity index (χ1n) is 9.61. The van der Waals surface area contributed by atoms with Crippen LogP contribution in [0.3, 0.4) is 0 Å². The molecule has 0 bridgehead atoms. The van der Waals surface area contributed by atoms with Crippen molar-refractivity contribution in [1.29, 1.82) is 0 Å². The summed E-state index contributed by atoms with van der Waals surface area (Å²) in [4.78, 5) is 26.3. The second kappa shape index (κ2) is 8.82. The third kappa shape index (κ3) is 6.12. The Labute approximate surface area is 167 Å². The number of amides is 2. The highest BCUT2D eigenvalue weighted by Crippen LogP contribution is 2.32. The summed E-state index contributed by atoms with van der Waals surface area (Å²) in [6.07, 6.45) is -0.388. The second-order valence-electron chi connectivity index (χ2n) is 8.81. The van der Waals surface area contributed by atoms with E-state index < -0.39 is 23.3 Å². The van der Waals surface area contributed by atoms with Gasteiger partial charge in [-0.05, 0) is 46.6 Å². The van der Waals surface area contributed by atoms with Crippen LogP contribution < -0.4 is 5.32 Å².